The average molecular weight is 380 g/mol. The number of hydrogen-bond donors (Lipinski definition) is 1. The van der Waals surface area contributed by atoms with Crippen LogP contribution >= 0.6 is 0 Å². The van der Waals surface area contributed by atoms with Gasteiger partial charge >= 0.3 is 6.03 Å². The number of hydrogen-bond acceptors (Lipinski definition) is 3. The minimum atomic E-state index is -0.130. The first kappa shape index (κ1) is 19.9. The molecule has 2 heterocycles. The van der Waals surface area contributed by atoms with Crippen molar-refractivity contribution in [2.75, 3.05) is 19.6 Å². The Labute approximate surface area is 166 Å². The van der Waals surface area contributed by atoms with Gasteiger partial charge in [-0.25, -0.2) is 4.79 Å². The molecule has 0 unspecified atom stereocenters. The SMILES string of the molecule is CCN1C[C@H](CNC(=O)N(Cc2ccccc2)Cc2cccc(C)n2)CC1=O. The number of pyridine rings is 1. The number of urea groups is 1. The van der Waals surface area contributed by atoms with Gasteiger partial charge in [0.1, 0.15) is 0 Å². The number of amides is 3. The van der Waals surface area contributed by atoms with E-state index in [0.29, 0.717) is 32.6 Å². The van der Waals surface area contributed by atoms with Gasteiger partial charge in [0.2, 0.25) is 5.91 Å². The van der Waals surface area contributed by atoms with Crippen molar-refractivity contribution in [3.8, 4) is 0 Å². The van der Waals surface area contributed by atoms with Crippen LogP contribution in [0, 0.1) is 12.8 Å². The molecule has 0 radical (unpaired) electrons. The number of nitrogens with zero attached hydrogens (tertiary/aromatic N) is 3. The van der Waals surface area contributed by atoms with Crippen LogP contribution in [-0.2, 0) is 17.9 Å². The lowest BCUT2D eigenvalue weighted by atomic mass is 10.1. The van der Waals surface area contributed by atoms with Crippen LogP contribution in [0.3, 0.4) is 0 Å². The molecule has 1 N–H and O–H groups in total. The Balaban J connectivity index is 1.65. The second-order valence-corrected chi connectivity index (χ2v) is 7.30. The monoisotopic (exact) mass is 380 g/mol. The van der Waals surface area contributed by atoms with Crippen LogP contribution in [-0.4, -0.2) is 46.4 Å². The molecular weight excluding hydrogens is 352 g/mol. The van der Waals surface area contributed by atoms with E-state index in [2.05, 4.69) is 10.3 Å². The standard InChI is InChI=1S/C22H28N4O2/c1-3-25-15-19(12-21(25)27)13-23-22(28)26(14-18-9-5-4-6-10-18)16-20-11-7-8-17(2)24-20/h4-11,19H,3,12-16H2,1-2H3,(H,23,28)/t19-/m0/s1. The van der Waals surface area contributed by atoms with E-state index < -0.39 is 0 Å². The number of carbonyl (C=O) groups excluding carboxylic acids is 2. The Hall–Kier alpha value is -2.89. The third-order valence-corrected chi connectivity index (χ3v) is 5.02. The number of carbonyl (C=O) groups is 2. The first-order valence-corrected chi connectivity index (χ1v) is 9.82. The second-order valence-electron chi connectivity index (χ2n) is 7.30. The maximum absolute atomic E-state index is 12.9. The normalized spacial score (nSPS) is 16.3. The van der Waals surface area contributed by atoms with Crippen molar-refractivity contribution in [3.63, 3.8) is 0 Å². The zero-order chi connectivity index (χ0) is 19.9. The molecule has 1 aromatic heterocycles. The van der Waals surface area contributed by atoms with Crippen molar-refractivity contribution < 1.29 is 9.59 Å². The van der Waals surface area contributed by atoms with Gasteiger partial charge in [0.15, 0.2) is 0 Å². The van der Waals surface area contributed by atoms with Crippen LogP contribution in [0.1, 0.15) is 30.3 Å². The lowest BCUT2D eigenvalue weighted by molar-refractivity contribution is -0.127. The lowest BCUT2D eigenvalue weighted by Crippen LogP contribution is -2.41. The molecule has 0 saturated carbocycles. The first-order chi connectivity index (χ1) is 13.5. The Morgan fingerprint density at radius 1 is 1.18 bits per heavy atom. The Bertz CT molecular complexity index is 809. The van der Waals surface area contributed by atoms with Gasteiger partial charge in [0.25, 0.3) is 0 Å². The summed E-state index contributed by atoms with van der Waals surface area (Å²) in [5.41, 5.74) is 2.86. The zero-order valence-electron chi connectivity index (χ0n) is 16.6. The van der Waals surface area contributed by atoms with E-state index in [9.17, 15) is 9.59 Å². The summed E-state index contributed by atoms with van der Waals surface area (Å²) in [5.74, 6) is 0.346. The molecule has 0 bridgehead atoms. The van der Waals surface area contributed by atoms with Gasteiger partial charge in [0.05, 0.1) is 12.2 Å². The van der Waals surface area contributed by atoms with Crippen molar-refractivity contribution >= 4 is 11.9 Å². The molecule has 0 spiro atoms. The predicted molar refractivity (Wildman–Crippen MR) is 108 cm³/mol. The molecule has 1 aromatic carbocycles. The van der Waals surface area contributed by atoms with E-state index >= 15 is 0 Å². The van der Waals surface area contributed by atoms with Gasteiger partial charge in [-0.15, -0.1) is 0 Å². The van der Waals surface area contributed by atoms with Gasteiger partial charge in [-0.2, -0.15) is 0 Å². The van der Waals surface area contributed by atoms with E-state index in [-0.39, 0.29) is 17.9 Å². The highest BCUT2D eigenvalue weighted by Crippen LogP contribution is 2.17. The van der Waals surface area contributed by atoms with Crippen molar-refractivity contribution in [2.24, 2.45) is 5.92 Å². The summed E-state index contributed by atoms with van der Waals surface area (Å²) in [4.78, 5) is 33.0. The topological polar surface area (TPSA) is 65.5 Å². The first-order valence-electron chi connectivity index (χ1n) is 9.82. The summed E-state index contributed by atoms with van der Waals surface area (Å²) < 4.78 is 0. The fourth-order valence-corrected chi connectivity index (χ4v) is 3.53. The average Bonchev–Trinajstić information content (AvgIpc) is 3.06. The molecule has 6 nitrogen and oxygen atoms in total. The molecule has 28 heavy (non-hydrogen) atoms. The third-order valence-electron chi connectivity index (χ3n) is 5.02. The van der Waals surface area contributed by atoms with Gasteiger partial charge in [-0.1, -0.05) is 36.4 Å². The maximum atomic E-state index is 12.9. The summed E-state index contributed by atoms with van der Waals surface area (Å²) in [6.45, 7) is 6.82. The Morgan fingerprint density at radius 2 is 1.96 bits per heavy atom. The second kappa shape index (κ2) is 9.35. The minimum absolute atomic E-state index is 0.130. The van der Waals surface area contributed by atoms with Crippen LogP contribution in [0.5, 0.6) is 0 Å². The van der Waals surface area contributed by atoms with Gasteiger partial charge in [0, 0.05) is 44.2 Å². The molecule has 2 aromatic rings. The molecule has 1 saturated heterocycles. The van der Waals surface area contributed by atoms with Gasteiger partial charge < -0.3 is 15.1 Å². The molecule has 1 atom stereocenters. The van der Waals surface area contributed by atoms with Gasteiger partial charge in [-0.3, -0.25) is 9.78 Å². The van der Waals surface area contributed by atoms with Crippen LogP contribution < -0.4 is 5.32 Å². The Morgan fingerprint density at radius 3 is 2.64 bits per heavy atom. The number of benzene rings is 1. The van der Waals surface area contributed by atoms with E-state index in [1.807, 2.05) is 67.3 Å². The minimum Gasteiger partial charge on any atom is -0.343 e. The zero-order valence-corrected chi connectivity index (χ0v) is 16.6. The number of rotatable bonds is 7. The summed E-state index contributed by atoms with van der Waals surface area (Å²) in [7, 11) is 0. The largest absolute Gasteiger partial charge is 0.343 e. The fourth-order valence-electron chi connectivity index (χ4n) is 3.53. The molecule has 1 aliphatic heterocycles. The molecule has 3 amide bonds. The van der Waals surface area contributed by atoms with E-state index in [1.54, 1.807) is 4.90 Å². The van der Waals surface area contributed by atoms with E-state index in [1.165, 1.54) is 0 Å². The quantitative estimate of drug-likeness (QED) is 0.803. The number of nitrogens with one attached hydrogen (secondary N) is 1. The molecule has 3 rings (SSSR count). The fraction of sp³-hybridized carbons (Fsp3) is 0.409. The number of aromatic nitrogens is 1. The van der Waals surface area contributed by atoms with Crippen molar-refractivity contribution in [1.29, 1.82) is 0 Å². The van der Waals surface area contributed by atoms with Crippen LogP contribution in [0.2, 0.25) is 0 Å². The number of likely N-dealkylation sites (tertiary alicyclic amines) is 1. The van der Waals surface area contributed by atoms with E-state index in [4.69, 9.17) is 0 Å². The van der Waals surface area contributed by atoms with Crippen molar-refractivity contribution in [3.05, 3.63) is 65.5 Å². The molecule has 1 aliphatic rings. The van der Waals surface area contributed by atoms with E-state index in [0.717, 1.165) is 23.5 Å². The molecule has 6 heteroatoms. The summed E-state index contributed by atoms with van der Waals surface area (Å²) in [6.07, 6.45) is 0.506. The van der Waals surface area contributed by atoms with Gasteiger partial charge in [-0.05, 0) is 31.5 Å². The summed E-state index contributed by atoms with van der Waals surface area (Å²) in [5, 5.41) is 3.03. The lowest BCUT2D eigenvalue weighted by Gasteiger charge is -2.24. The molecule has 0 aliphatic carbocycles. The van der Waals surface area contributed by atoms with Crippen LogP contribution in [0.25, 0.3) is 0 Å². The third kappa shape index (κ3) is 5.31. The van der Waals surface area contributed by atoms with Crippen molar-refractivity contribution in [1.82, 2.24) is 20.1 Å². The predicted octanol–water partition coefficient (Wildman–Crippen LogP) is 2.97. The van der Waals surface area contributed by atoms with Crippen LogP contribution in [0.15, 0.2) is 48.5 Å². The molecule has 1 fully saturated rings. The highest BCUT2D eigenvalue weighted by Gasteiger charge is 2.29. The van der Waals surface area contributed by atoms with Crippen LogP contribution in [0.4, 0.5) is 4.79 Å². The highest BCUT2D eigenvalue weighted by atomic mass is 16.2. The molecular formula is C22H28N4O2. The molecule has 148 valence electrons. The van der Waals surface area contributed by atoms with Crippen molar-refractivity contribution in [2.45, 2.75) is 33.4 Å². The maximum Gasteiger partial charge on any atom is 0.318 e. The number of aryl methyl sites for hydroxylation is 1. The highest BCUT2D eigenvalue weighted by molar-refractivity contribution is 5.79. The summed E-state index contributed by atoms with van der Waals surface area (Å²) >= 11 is 0. The summed E-state index contributed by atoms with van der Waals surface area (Å²) in [6, 6.07) is 15.6. The Kier molecular flexibility index (Phi) is 6.63. The smallest absolute Gasteiger partial charge is 0.318 e.